The van der Waals surface area contributed by atoms with Crippen molar-refractivity contribution in [1.29, 1.82) is 0 Å². The van der Waals surface area contributed by atoms with Crippen LogP contribution in [-0.4, -0.2) is 25.5 Å². The molecule has 0 spiro atoms. The lowest BCUT2D eigenvalue weighted by atomic mass is 10.1. The molecule has 6 heteroatoms. The lowest BCUT2D eigenvalue weighted by molar-refractivity contribution is 0.167. The van der Waals surface area contributed by atoms with E-state index in [9.17, 15) is 13.5 Å². The summed E-state index contributed by atoms with van der Waals surface area (Å²) in [5.74, 6) is 0.0477. The number of aliphatic hydroxyl groups excluding tert-OH is 1. The third-order valence-electron chi connectivity index (χ3n) is 2.33. The molecule has 0 aliphatic rings. The van der Waals surface area contributed by atoms with Gasteiger partial charge in [0.05, 0.1) is 6.10 Å². The quantitative estimate of drug-likeness (QED) is 0.909. The number of hydrogen-bond donors (Lipinski definition) is 1. The van der Waals surface area contributed by atoms with Gasteiger partial charge in [0.25, 0.3) is 0 Å². The molecule has 0 aliphatic carbocycles. The monoisotopic (exact) mass is 296 g/mol. The van der Waals surface area contributed by atoms with Crippen molar-refractivity contribution in [1.82, 2.24) is 0 Å². The highest BCUT2D eigenvalue weighted by Crippen LogP contribution is 2.32. The topological polar surface area (TPSA) is 54.4 Å². The third kappa shape index (κ3) is 4.84. The molecule has 0 aliphatic heterocycles. The van der Waals surface area contributed by atoms with Gasteiger partial charge in [-0.2, -0.15) is 0 Å². The Bertz CT molecular complexity index is 465. The molecule has 0 radical (unpaired) electrons. The van der Waals surface area contributed by atoms with Crippen molar-refractivity contribution >= 4 is 33.0 Å². The van der Waals surface area contributed by atoms with E-state index in [4.69, 9.17) is 23.2 Å². The predicted octanol–water partition coefficient (Wildman–Crippen LogP) is 2.85. The zero-order valence-electron chi connectivity index (χ0n) is 9.36. The lowest BCUT2D eigenvalue weighted by Crippen LogP contribution is -2.06. The second-order valence-electron chi connectivity index (χ2n) is 3.92. The van der Waals surface area contributed by atoms with E-state index in [1.807, 2.05) is 0 Å². The van der Waals surface area contributed by atoms with Crippen molar-refractivity contribution < 1.29 is 13.5 Å². The van der Waals surface area contributed by atoms with E-state index in [2.05, 4.69) is 0 Å². The van der Waals surface area contributed by atoms with Crippen molar-refractivity contribution in [3.05, 3.63) is 33.8 Å². The highest BCUT2D eigenvalue weighted by molar-refractivity contribution is 7.90. The molecule has 0 aromatic heterocycles. The zero-order valence-corrected chi connectivity index (χ0v) is 11.7. The Hall–Kier alpha value is -0.290. The number of hydrogen-bond acceptors (Lipinski definition) is 3. The molecular formula is C11H14Cl2O3S. The van der Waals surface area contributed by atoms with Gasteiger partial charge in [-0.3, -0.25) is 0 Å². The highest BCUT2D eigenvalue weighted by atomic mass is 35.5. The second-order valence-corrected chi connectivity index (χ2v) is 7.00. The molecule has 0 heterocycles. The molecule has 0 bridgehead atoms. The van der Waals surface area contributed by atoms with Crippen molar-refractivity contribution in [2.24, 2.45) is 0 Å². The summed E-state index contributed by atoms with van der Waals surface area (Å²) in [6, 6.07) is 4.97. The van der Waals surface area contributed by atoms with Gasteiger partial charge in [0.2, 0.25) is 0 Å². The summed E-state index contributed by atoms with van der Waals surface area (Å²) in [5.41, 5.74) is 0.462. The maximum atomic E-state index is 10.9. The minimum absolute atomic E-state index is 0.0477. The summed E-state index contributed by atoms with van der Waals surface area (Å²) < 4.78 is 21.9. The fourth-order valence-electron chi connectivity index (χ4n) is 1.51. The molecule has 17 heavy (non-hydrogen) atoms. The van der Waals surface area contributed by atoms with Gasteiger partial charge in [-0.15, -0.1) is 0 Å². The van der Waals surface area contributed by atoms with Crippen LogP contribution in [0.1, 0.15) is 24.5 Å². The van der Waals surface area contributed by atoms with E-state index in [1.54, 1.807) is 18.2 Å². The second kappa shape index (κ2) is 6.05. The average molecular weight is 297 g/mol. The summed E-state index contributed by atoms with van der Waals surface area (Å²) in [7, 11) is -3.00. The minimum Gasteiger partial charge on any atom is -0.388 e. The van der Waals surface area contributed by atoms with E-state index >= 15 is 0 Å². The number of rotatable bonds is 5. The van der Waals surface area contributed by atoms with Gasteiger partial charge < -0.3 is 5.11 Å². The van der Waals surface area contributed by atoms with E-state index in [1.165, 1.54) is 6.26 Å². The van der Waals surface area contributed by atoms with E-state index < -0.39 is 15.9 Å². The van der Waals surface area contributed by atoms with Crippen LogP contribution in [0.25, 0.3) is 0 Å². The van der Waals surface area contributed by atoms with Crippen molar-refractivity contribution in [2.75, 3.05) is 12.0 Å². The Kier molecular flexibility index (Phi) is 5.25. The molecule has 0 saturated heterocycles. The third-order valence-corrected chi connectivity index (χ3v) is 4.02. The van der Waals surface area contributed by atoms with Crippen LogP contribution in [0.15, 0.2) is 18.2 Å². The summed E-state index contributed by atoms with van der Waals surface area (Å²) >= 11 is 11.9. The molecule has 96 valence electrons. The molecule has 1 aromatic rings. The molecule has 1 atom stereocenters. The van der Waals surface area contributed by atoms with Crippen molar-refractivity contribution in [3.8, 4) is 0 Å². The normalized spacial score (nSPS) is 13.6. The van der Waals surface area contributed by atoms with Gasteiger partial charge in [-0.1, -0.05) is 29.3 Å². The highest BCUT2D eigenvalue weighted by Gasteiger charge is 2.15. The summed E-state index contributed by atoms with van der Waals surface area (Å²) in [6.07, 6.45) is 1.03. The molecule has 1 unspecified atom stereocenters. The van der Waals surface area contributed by atoms with Gasteiger partial charge in [0.15, 0.2) is 0 Å². The largest absolute Gasteiger partial charge is 0.388 e. The Balaban J connectivity index is 2.67. The first-order chi connectivity index (χ1) is 7.81. The van der Waals surface area contributed by atoms with Crippen molar-refractivity contribution in [2.45, 2.75) is 18.9 Å². The fraction of sp³-hybridized carbons (Fsp3) is 0.455. The van der Waals surface area contributed by atoms with Crippen LogP contribution in [0.3, 0.4) is 0 Å². The SMILES string of the molecule is CS(=O)(=O)CCCC(O)c1c(Cl)cccc1Cl. The Labute approximate surface area is 111 Å². The zero-order chi connectivity index (χ0) is 13.1. The van der Waals surface area contributed by atoms with Crippen LogP contribution in [-0.2, 0) is 9.84 Å². The Morgan fingerprint density at radius 2 is 1.82 bits per heavy atom. The first-order valence-corrected chi connectivity index (χ1v) is 7.92. The molecule has 1 rings (SSSR count). The van der Waals surface area contributed by atoms with Crippen LogP contribution in [0, 0.1) is 0 Å². The average Bonchev–Trinajstić information content (AvgIpc) is 2.15. The van der Waals surface area contributed by atoms with Gasteiger partial charge in [-0.25, -0.2) is 8.42 Å². The van der Waals surface area contributed by atoms with Crippen LogP contribution < -0.4 is 0 Å². The number of sulfone groups is 1. The van der Waals surface area contributed by atoms with Gasteiger partial charge in [-0.05, 0) is 25.0 Å². The first-order valence-electron chi connectivity index (χ1n) is 5.11. The summed E-state index contributed by atoms with van der Waals surface area (Å²) in [6.45, 7) is 0. The van der Waals surface area contributed by atoms with E-state index in [0.717, 1.165) is 0 Å². The molecular weight excluding hydrogens is 283 g/mol. The van der Waals surface area contributed by atoms with Crippen molar-refractivity contribution in [3.63, 3.8) is 0 Å². The molecule has 3 nitrogen and oxygen atoms in total. The van der Waals surface area contributed by atoms with Crippen LogP contribution in [0.5, 0.6) is 0 Å². The molecule has 0 amide bonds. The molecule has 0 fully saturated rings. The van der Waals surface area contributed by atoms with Crippen LogP contribution in [0.2, 0.25) is 10.0 Å². The Morgan fingerprint density at radius 1 is 1.29 bits per heavy atom. The lowest BCUT2D eigenvalue weighted by Gasteiger charge is -2.13. The number of aliphatic hydroxyl groups is 1. The molecule has 1 N–H and O–H groups in total. The maximum absolute atomic E-state index is 10.9. The molecule has 0 saturated carbocycles. The number of halogens is 2. The van der Waals surface area contributed by atoms with Gasteiger partial charge in [0, 0.05) is 27.6 Å². The number of benzene rings is 1. The fourth-order valence-corrected chi connectivity index (χ4v) is 2.85. The maximum Gasteiger partial charge on any atom is 0.147 e. The van der Waals surface area contributed by atoms with E-state index in [-0.39, 0.29) is 5.75 Å². The van der Waals surface area contributed by atoms with E-state index in [0.29, 0.717) is 28.5 Å². The minimum atomic E-state index is -3.00. The van der Waals surface area contributed by atoms with Gasteiger partial charge >= 0.3 is 0 Å². The standard InChI is InChI=1S/C11H14Cl2O3S/c1-17(15,16)7-3-6-10(14)11-8(12)4-2-5-9(11)13/h2,4-5,10,14H,3,6-7H2,1H3. The smallest absolute Gasteiger partial charge is 0.147 e. The van der Waals surface area contributed by atoms with Crippen LogP contribution >= 0.6 is 23.2 Å². The predicted molar refractivity (Wildman–Crippen MR) is 70.4 cm³/mol. The van der Waals surface area contributed by atoms with Crippen LogP contribution in [0.4, 0.5) is 0 Å². The Morgan fingerprint density at radius 3 is 2.29 bits per heavy atom. The summed E-state index contributed by atoms with van der Waals surface area (Å²) in [5, 5.41) is 10.7. The first kappa shape index (κ1) is 14.8. The van der Waals surface area contributed by atoms with Gasteiger partial charge in [0.1, 0.15) is 9.84 Å². The molecule has 1 aromatic carbocycles. The summed E-state index contributed by atoms with van der Waals surface area (Å²) in [4.78, 5) is 0.